The van der Waals surface area contributed by atoms with E-state index in [4.69, 9.17) is 40.1 Å². The first-order valence-electron chi connectivity index (χ1n) is 5.02. The zero-order valence-corrected chi connectivity index (χ0v) is 11.3. The number of anilines is 2. The standard InChI is InChI=1S/C13H7Cl3N2/c14-10-2-1-3-12(13(10)16)18-9-5-4-8(7-17)11(15)6-9/h1-6,18H. The second-order valence-corrected chi connectivity index (χ2v) is 4.73. The summed E-state index contributed by atoms with van der Waals surface area (Å²) in [5.74, 6) is 0. The molecule has 5 heteroatoms. The molecule has 0 aliphatic rings. The van der Waals surface area contributed by atoms with Gasteiger partial charge in [0.2, 0.25) is 0 Å². The minimum absolute atomic E-state index is 0.389. The Balaban J connectivity index is 2.32. The number of hydrogen-bond donors (Lipinski definition) is 1. The third-order valence-electron chi connectivity index (χ3n) is 2.32. The number of hydrogen-bond acceptors (Lipinski definition) is 2. The average molecular weight is 298 g/mol. The van der Waals surface area contributed by atoms with Crippen LogP contribution in [0.15, 0.2) is 36.4 Å². The van der Waals surface area contributed by atoms with E-state index >= 15 is 0 Å². The molecule has 2 nitrogen and oxygen atoms in total. The van der Waals surface area contributed by atoms with Crippen molar-refractivity contribution in [3.05, 3.63) is 57.0 Å². The number of rotatable bonds is 2. The summed E-state index contributed by atoms with van der Waals surface area (Å²) in [6.45, 7) is 0. The van der Waals surface area contributed by atoms with Crippen LogP contribution >= 0.6 is 34.8 Å². The monoisotopic (exact) mass is 296 g/mol. The first-order chi connectivity index (χ1) is 8.61. The number of benzene rings is 2. The number of nitrogens with zero attached hydrogens (tertiary/aromatic N) is 1. The predicted octanol–water partition coefficient (Wildman–Crippen LogP) is 5.26. The molecule has 2 aromatic rings. The smallest absolute Gasteiger partial charge is 0.101 e. The molecular formula is C13H7Cl3N2. The Hall–Kier alpha value is -1.40. The van der Waals surface area contributed by atoms with Crippen molar-refractivity contribution in [2.75, 3.05) is 5.32 Å². The Kier molecular flexibility index (Phi) is 3.98. The molecule has 0 bridgehead atoms. The van der Waals surface area contributed by atoms with Crippen LogP contribution in [0.2, 0.25) is 15.1 Å². The van der Waals surface area contributed by atoms with Crippen LogP contribution in [0.1, 0.15) is 5.56 Å². The molecule has 2 rings (SSSR count). The molecule has 0 aliphatic heterocycles. The summed E-state index contributed by atoms with van der Waals surface area (Å²) < 4.78 is 0. The van der Waals surface area contributed by atoms with E-state index in [1.165, 1.54) is 0 Å². The van der Waals surface area contributed by atoms with Gasteiger partial charge in [0.1, 0.15) is 6.07 Å². The van der Waals surface area contributed by atoms with Crippen LogP contribution in [0.4, 0.5) is 11.4 Å². The molecule has 1 N–H and O–H groups in total. The Bertz CT molecular complexity index is 633. The first kappa shape index (κ1) is 13.0. The van der Waals surface area contributed by atoms with Gasteiger partial charge in [0, 0.05) is 5.69 Å². The molecule has 18 heavy (non-hydrogen) atoms. The van der Waals surface area contributed by atoms with Gasteiger partial charge in [-0.2, -0.15) is 5.26 Å². The molecule has 0 aromatic heterocycles. The highest BCUT2D eigenvalue weighted by Crippen LogP contribution is 2.32. The van der Waals surface area contributed by atoms with Gasteiger partial charge in [-0.1, -0.05) is 40.9 Å². The lowest BCUT2D eigenvalue weighted by molar-refractivity contribution is 1.47. The summed E-state index contributed by atoms with van der Waals surface area (Å²) >= 11 is 17.9. The quantitative estimate of drug-likeness (QED) is 0.820. The maximum absolute atomic E-state index is 8.79. The molecule has 0 fully saturated rings. The Morgan fingerprint density at radius 3 is 2.44 bits per heavy atom. The zero-order chi connectivity index (χ0) is 13.1. The zero-order valence-electron chi connectivity index (χ0n) is 9.05. The maximum atomic E-state index is 8.79. The summed E-state index contributed by atoms with van der Waals surface area (Å²) in [5, 5.41) is 13.2. The van der Waals surface area contributed by atoms with Crippen LogP contribution in [0.5, 0.6) is 0 Å². The highest BCUT2D eigenvalue weighted by molar-refractivity contribution is 6.43. The van der Waals surface area contributed by atoms with Crippen LogP contribution in [0.25, 0.3) is 0 Å². The van der Waals surface area contributed by atoms with Gasteiger partial charge >= 0.3 is 0 Å². The Labute approximate surface area is 120 Å². The van der Waals surface area contributed by atoms with E-state index in [-0.39, 0.29) is 0 Å². The minimum Gasteiger partial charge on any atom is -0.354 e. The fourth-order valence-corrected chi connectivity index (χ4v) is 2.01. The van der Waals surface area contributed by atoms with Crippen molar-refractivity contribution in [2.24, 2.45) is 0 Å². The molecule has 0 heterocycles. The maximum Gasteiger partial charge on any atom is 0.101 e. The fraction of sp³-hybridized carbons (Fsp3) is 0. The Morgan fingerprint density at radius 1 is 1.00 bits per heavy atom. The fourth-order valence-electron chi connectivity index (χ4n) is 1.44. The molecule has 0 aliphatic carbocycles. The largest absolute Gasteiger partial charge is 0.354 e. The van der Waals surface area contributed by atoms with Crippen molar-refractivity contribution in [3.8, 4) is 6.07 Å². The number of nitrogens with one attached hydrogen (secondary N) is 1. The van der Waals surface area contributed by atoms with Crippen molar-refractivity contribution < 1.29 is 0 Å². The van der Waals surface area contributed by atoms with Crippen LogP contribution in [0, 0.1) is 11.3 Å². The Morgan fingerprint density at radius 2 is 1.78 bits per heavy atom. The van der Waals surface area contributed by atoms with E-state index in [1.54, 1.807) is 36.4 Å². The molecule has 0 saturated carbocycles. The lowest BCUT2D eigenvalue weighted by Gasteiger charge is -2.09. The summed E-state index contributed by atoms with van der Waals surface area (Å²) in [7, 11) is 0. The highest BCUT2D eigenvalue weighted by Gasteiger charge is 2.06. The van der Waals surface area contributed by atoms with Crippen LogP contribution in [-0.2, 0) is 0 Å². The summed E-state index contributed by atoms with van der Waals surface area (Å²) in [6.07, 6.45) is 0. The van der Waals surface area contributed by atoms with Gasteiger partial charge in [-0.25, -0.2) is 0 Å². The first-order valence-corrected chi connectivity index (χ1v) is 6.16. The highest BCUT2D eigenvalue weighted by atomic mass is 35.5. The van der Waals surface area contributed by atoms with Gasteiger partial charge in [-0.15, -0.1) is 0 Å². The average Bonchev–Trinajstić information content (AvgIpc) is 2.35. The normalized spacial score (nSPS) is 9.89. The van der Waals surface area contributed by atoms with Gasteiger partial charge in [0.05, 0.1) is 26.3 Å². The predicted molar refractivity (Wildman–Crippen MR) is 75.9 cm³/mol. The number of nitriles is 1. The third-order valence-corrected chi connectivity index (χ3v) is 3.45. The van der Waals surface area contributed by atoms with Gasteiger partial charge in [0.15, 0.2) is 0 Å². The molecule has 0 unspecified atom stereocenters. The van der Waals surface area contributed by atoms with Crippen LogP contribution in [-0.4, -0.2) is 0 Å². The van der Waals surface area contributed by atoms with Crippen molar-refractivity contribution in [1.82, 2.24) is 0 Å². The van der Waals surface area contributed by atoms with Crippen molar-refractivity contribution in [3.63, 3.8) is 0 Å². The van der Waals surface area contributed by atoms with E-state index in [9.17, 15) is 0 Å². The topological polar surface area (TPSA) is 35.8 Å². The molecule has 0 radical (unpaired) electrons. The molecule has 90 valence electrons. The van der Waals surface area contributed by atoms with Crippen LogP contribution in [0.3, 0.4) is 0 Å². The second kappa shape index (κ2) is 5.49. The molecule has 0 saturated heterocycles. The summed E-state index contributed by atoms with van der Waals surface area (Å²) in [6, 6.07) is 12.4. The van der Waals surface area contributed by atoms with Crippen molar-refractivity contribution in [2.45, 2.75) is 0 Å². The van der Waals surface area contributed by atoms with E-state index in [0.717, 1.165) is 5.69 Å². The van der Waals surface area contributed by atoms with Crippen LogP contribution < -0.4 is 5.32 Å². The second-order valence-electron chi connectivity index (χ2n) is 3.53. The van der Waals surface area contributed by atoms with Gasteiger partial charge < -0.3 is 5.32 Å². The molecule has 0 spiro atoms. The van der Waals surface area contributed by atoms with Gasteiger partial charge in [-0.3, -0.25) is 0 Å². The summed E-state index contributed by atoms with van der Waals surface area (Å²) in [5.41, 5.74) is 1.85. The SMILES string of the molecule is N#Cc1ccc(Nc2cccc(Cl)c2Cl)cc1Cl. The van der Waals surface area contributed by atoms with Gasteiger partial charge in [-0.05, 0) is 30.3 Å². The van der Waals surface area contributed by atoms with E-state index < -0.39 is 0 Å². The molecule has 0 atom stereocenters. The number of halogens is 3. The van der Waals surface area contributed by atoms with Crippen molar-refractivity contribution >= 4 is 46.2 Å². The lowest BCUT2D eigenvalue weighted by atomic mass is 10.2. The van der Waals surface area contributed by atoms with E-state index in [1.807, 2.05) is 6.07 Å². The lowest BCUT2D eigenvalue weighted by Crippen LogP contribution is -1.92. The molecule has 0 amide bonds. The van der Waals surface area contributed by atoms with E-state index in [2.05, 4.69) is 5.32 Å². The third kappa shape index (κ3) is 2.70. The van der Waals surface area contributed by atoms with E-state index in [0.29, 0.717) is 26.3 Å². The molecular weight excluding hydrogens is 291 g/mol. The molecule has 2 aromatic carbocycles. The minimum atomic E-state index is 0.389. The summed E-state index contributed by atoms with van der Waals surface area (Å²) in [4.78, 5) is 0. The van der Waals surface area contributed by atoms with Gasteiger partial charge in [0.25, 0.3) is 0 Å². The van der Waals surface area contributed by atoms with Crippen molar-refractivity contribution in [1.29, 1.82) is 5.26 Å².